The van der Waals surface area contributed by atoms with Crippen molar-refractivity contribution in [2.45, 2.75) is 6.61 Å². The lowest BCUT2D eigenvalue weighted by atomic mass is 10.1. The van der Waals surface area contributed by atoms with Gasteiger partial charge < -0.3 is 16.6 Å². The first-order valence-corrected chi connectivity index (χ1v) is 14.4. The monoisotopic (exact) mass is 648 g/mol. The van der Waals surface area contributed by atoms with Crippen molar-refractivity contribution in [3.8, 4) is 22.5 Å². The maximum atomic E-state index is 10.9. The van der Waals surface area contributed by atoms with E-state index in [-0.39, 0.29) is 18.5 Å². The van der Waals surface area contributed by atoms with Crippen molar-refractivity contribution in [3.05, 3.63) is 78.4 Å². The van der Waals surface area contributed by atoms with Gasteiger partial charge in [0.05, 0.1) is 32.9 Å². The summed E-state index contributed by atoms with van der Waals surface area (Å²) in [7, 11) is 0. The molecule has 8 nitrogen and oxygen atoms in total. The fourth-order valence-electron chi connectivity index (χ4n) is 3.85. The number of anilines is 2. The highest BCUT2D eigenvalue weighted by Crippen LogP contribution is 2.38. The number of aromatic nitrogens is 4. The zero-order valence-electron chi connectivity index (χ0n) is 20.0. The Morgan fingerprint density at radius 1 is 0.725 bits per heavy atom. The van der Waals surface area contributed by atoms with Crippen molar-refractivity contribution < 1.29 is 9.90 Å². The van der Waals surface area contributed by atoms with Gasteiger partial charge in [-0.1, -0.05) is 46.4 Å². The van der Waals surface area contributed by atoms with Gasteiger partial charge in [-0.15, -0.1) is 22.7 Å². The normalized spacial score (nSPS) is 11.0. The molecule has 0 spiro atoms. The Morgan fingerprint density at radius 3 is 1.70 bits per heavy atom. The van der Waals surface area contributed by atoms with E-state index in [9.17, 15) is 9.90 Å². The van der Waals surface area contributed by atoms with E-state index in [4.69, 9.17) is 57.9 Å². The number of rotatable bonds is 4. The lowest BCUT2D eigenvalue weighted by Gasteiger charge is -2.06. The molecule has 0 saturated heterocycles. The van der Waals surface area contributed by atoms with Crippen LogP contribution in [0.5, 0.6) is 0 Å². The number of thiophene rings is 2. The molecular formula is C26H16Cl4N6O2S2. The van der Waals surface area contributed by atoms with Crippen molar-refractivity contribution in [1.29, 1.82) is 0 Å². The summed E-state index contributed by atoms with van der Waals surface area (Å²) in [5, 5.41) is 12.9. The molecule has 0 unspecified atom stereocenters. The first-order chi connectivity index (χ1) is 19.2. The highest BCUT2D eigenvalue weighted by molar-refractivity contribution is 7.20. The van der Waals surface area contributed by atoms with Crippen LogP contribution in [-0.4, -0.2) is 31.3 Å². The molecular weight excluding hydrogens is 634 g/mol. The number of nitrogens with zero attached hydrogens (tertiary/aromatic N) is 4. The standard InChI is InChI=1S/C13H9Cl2N3OS.C13H7Cl2N3OS/c2*14-6-1-2-8(10(15)3-6)11-9-4-7(5-19)20-12(9)18-13(16)17-11/h1-4,19H,5H2,(H2,16,17,18);1-5H,(H2,16,17,18). The summed E-state index contributed by atoms with van der Waals surface area (Å²) in [6, 6.07) is 13.9. The van der Waals surface area contributed by atoms with Gasteiger partial charge in [0, 0.05) is 36.8 Å². The number of nitrogen functional groups attached to an aromatic ring is 2. The molecule has 4 aromatic heterocycles. The molecule has 0 radical (unpaired) electrons. The topological polar surface area (TPSA) is 141 Å². The number of carbonyl (C=O) groups is 1. The number of carbonyl (C=O) groups excluding carboxylic acids is 1. The van der Waals surface area contributed by atoms with Crippen molar-refractivity contribution in [2.75, 3.05) is 11.5 Å². The van der Waals surface area contributed by atoms with Gasteiger partial charge in [0.1, 0.15) is 9.66 Å². The van der Waals surface area contributed by atoms with Gasteiger partial charge >= 0.3 is 0 Å². The summed E-state index contributed by atoms with van der Waals surface area (Å²) in [5.41, 5.74) is 14.1. The predicted molar refractivity (Wildman–Crippen MR) is 166 cm³/mol. The minimum atomic E-state index is -0.0469. The summed E-state index contributed by atoms with van der Waals surface area (Å²) in [4.78, 5) is 30.5. The van der Waals surface area contributed by atoms with E-state index in [0.717, 1.165) is 32.3 Å². The quantitative estimate of drug-likeness (QED) is 0.164. The molecule has 0 aliphatic heterocycles. The molecule has 0 amide bonds. The van der Waals surface area contributed by atoms with E-state index in [1.54, 1.807) is 42.5 Å². The van der Waals surface area contributed by atoms with Gasteiger partial charge in [-0.05, 0) is 48.5 Å². The average molecular weight is 650 g/mol. The van der Waals surface area contributed by atoms with Crippen LogP contribution in [0.15, 0.2) is 48.5 Å². The molecule has 40 heavy (non-hydrogen) atoms. The number of benzene rings is 2. The van der Waals surface area contributed by atoms with E-state index < -0.39 is 0 Å². The summed E-state index contributed by atoms with van der Waals surface area (Å²) in [5.74, 6) is 0.308. The zero-order valence-corrected chi connectivity index (χ0v) is 24.7. The van der Waals surface area contributed by atoms with Crippen LogP contribution < -0.4 is 11.5 Å². The zero-order chi connectivity index (χ0) is 28.6. The summed E-state index contributed by atoms with van der Waals surface area (Å²) >= 11 is 26.9. The third kappa shape index (κ3) is 5.84. The smallest absolute Gasteiger partial charge is 0.221 e. The molecule has 0 aliphatic rings. The average Bonchev–Trinajstić information content (AvgIpc) is 3.52. The fraction of sp³-hybridized carbons (Fsp3) is 0.0385. The second-order valence-corrected chi connectivity index (χ2v) is 12.0. The molecule has 202 valence electrons. The Kier molecular flexibility index (Phi) is 8.39. The van der Waals surface area contributed by atoms with E-state index in [1.165, 1.54) is 22.7 Å². The van der Waals surface area contributed by atoms with Crippen LogP contribution in [0.1, 0.15) is 14.5 Å². The van der Waals surface area contributed by atoms with Gasteiger partial charge in [-0.3, -0.25) is 4.79 Å². The molecule has 4 heterocycles. The van der Waals surface area contributed by atoms with E-state index >= 15 is 0 Å². The summed E-state index contributed by atoms with van der Waals surface area (Å²) in [6.45, 7) is -0.0469. The van der Waals surface area contributed by atoms with Crippen LogP contribution in [0, 0.1) is 0 Å². The molecule has 5 N–H and O–H groups in total. The van der Waals surface area contributed by atoms with E-state index in [2.05, 4.69) is 19.9 Å². The largest absolute Gasteiger partial charge is 0.391 e. The number of fused-ring (bicyclic) bond motifs is 2. The number of nitrogens with two attached hydrogens (primary N) is 2. The van der Waals surface area contributed by atoms with Crippen LogP contribution in [0.3, 0.4) is 0 Å². The molecule has 6 rings (SSSR count). The number of hydrogen-bond donors (Lipinski definition) is 3. The maximum absolute atomic E-state index is 10.9. The van der Waals surface area contributed by atoms with Crippen LogP contribution in [0.25, 0.3) is 42.9 Å². The Balaban J connectivity index is 0.000000161. The van der Waals surface area contributed by atoms with Gasteiger partial charge in [-0.25, -0.2) is 19.9 Å². The molecule has 0 aliphatic carbocycles. The second kappa shape index (κ2) is 11.8. The van der Waals surface area contributed by atoms with Gasteiger partial charge in [0.25, 0.3) is 0 Å². The van der Waals surface area contributed by atoms with Gasteiger partial charge in [0.2, 0.25) is 11.9 Å². The Labute approximate surface area is 255 Å². The Bertz CT molecular complexity index is 1910. The Hall–Kier alpha value is -3.09. The maximum Gasteiger partial charge on any atom is 0.221 e. The van der Waals surface area contributed by atoms with Crippen LogP contribution in [-0.2, 0) is 6.61 Å². The number of halogens is 4. The predicted octanol–water partition coefficient (Wildman–Crippen LogP) is 7.80. The van der Waals surface area contributed by atoms with Gasteiger partial charge in [0.15, 0.2) is 6.29 Å². The second-order valence-electron chi connectivity index (χ2n) is 8.18. The van der Waals surface area contributed by atoms with Crippen LogP contribution >= 0.6 is 69.1 Å². The molecule has 0 bridgehead atoms. The van der Waals surface area contributed by atoms with E-state index in [1.807, 2.05) is 6.07 Å². The lowest BCUT2D eigenvalue weighted by molar-refractivity contribution is 0.112. The third-order valence-corrected chi connectivity index (χ3v) is 8.60. The number of aldehydes is 1. The molecule has 2 aromatic carbocycles. The Morgan fingerprint density at radius 2 is 1.23 bits per heavy atom. The van der Waals surface area contributed by atoms with Crippen molar-refractivity contribution in [3.63, 3.8) is 0 Å². The molecule has 0 saturated carbocycles. The molecule has 14 heteroatoms. The lowest BCUT2D eigenvalue weighted by Crippen LogP contribution is -1.96. The molecule has 0 fully saturated rings. The summed E-state index contributed by atoms with van der Waals surface area (Å²) in [6.07, 6.45) is 0.774. The first kappa shape index (κ1) is 28.4. The minimum absolute atomic E-state index is 0.0469. The third-order valence-electron chi connectivity index (χ3n) is 5.53. The highest BCUT2D eigenvalue weighted by Gasteiger charge is 2.16. The van der Waals surface area contributed by atoms with E-state index in [0.29, 0.717) is 46.7 Å². The molecule has 6 aromatic rings. The molecule has 0 atom stereocenters. The van der Waals surface area contributed by atoms with Crippen molar-refractivity contribution in [2.24, 2.45) is 0 Å². The minimum Gasteiger partial charge on any atom is -0.391 e. The van der Waals surface area contributed by atoms with Crippen LogP contribution in [0.2, 0.25) is 20.1 Å². The first-order valence-electron chi connectivity index (χ1n) is 11.3. The summed E-state index contributed by atoms with van der Waals surface area (Å²) < 4.78 is 0. The van der Waals surface area contributed by atoms with Crippen molar-refractivity contribution >= 4 is 108 Å². The number of aliphatic hydroxyl groups is 1. The van der Waals surface area contributed by atoms with Gasteiger partial charge in [-0.2, -0.15) is 0 Å². The fourth-order valence-corrected chi connectivity index (χ4v) is 6.60. The number of aliphatic hydroxyl groups excluding tert-OH is 1. The SMILES string of the molecule is Nc1nc(-c2ccc(Cl)cc2Cl)c2cc(C=O)sc2n1.Nc1nc(-c2ccc(Cl)cc2Cl)c2cc(CO)sc2n1. The number of hydrogen-bond acceptors (Lipinski definition) is 10. The van der Waals surface area contributed by atoms with Crippen LogP contribution in [0.4, 0.5) is 11.9 Å². The van der Waals surface area contributed by atoms with Crippen molar-refractivity contribution in [1.82, 2.24) is 19.9 Å². The highest BCUT2D eigenvalue weighted by atomic mass is 35.5.